The van der Waals surface area contributed by atoms with Gasteiger partial charge in [0.1, 0.15) is 0 Å². The molecule has 2 rings (SSSR count). The first-order valence-corrected chi connectivity index (χ1v) is 6.57. The van der Waals surface area contributed by atoms with E-state index < -0.39 is 17.7 Å². The van der Waals surface area contributed by atoms with Crippen LogP contribution in [-0.2, 0) is 10.9 Å². The molecule has 0 spiro atoms. The fourth-order valence-corrected chi connectivity index (χ4v) is 1.99. The first-order chi connectivity index (χ1) is 10.3. The van der Waals surface area contributed by atoms with E-state index in [1.807, 2.05) is 0 Å². The van der Waals surface area contributed by atoms with Gasteiger partial charge in [0.2, 0.25) is 0 Å². The van der Waals surface area contributed by atoms with E-state index in [2.05, 4.69) is 0 Å². The molecule has 0 radical (unpaired) electrons. The van der Waals surface area contributed by atoms with Crippen molar-refractivity contribution in [2.24, 2.45) is 0 Å². The predicted octanol–water partition coefficient (Wildman–Crippen LogP) is 4.13. The summed E-state index contributed by atoms with van der Waals surface area (Å²) in [6.07, 6.45) is -4.37. The molecule has 0 saturated carbocycles. The first kappa shape index (κ1) is 15.9. The summed E-state index contributed by atoms with van der Waals surface area (Å²) in [5.41, 5.74) is 6.75. The van der Waals surface area contributed by atoms with E-state index >= 15 is 0 Å². The van der Waals surface area contributed by atoms with Gasteiger partial charge >= 0.3 is 12.1 Å². The fraction of sp³-hybridized carbons (Fsp3) is 0.188. The molecular weight excluding hydrogens is 295 g/mol. The molecule has 0 bridgehead atoms. The van der Waals surface area contributed by atoms with Crippen molar-refractivity contribution in [2.75, 3.05) is 12.3 Å². The molecule has 0 aliphatic carbocycles. The van der Waals surface area contributed by atoms with Gasteiger partial charge < -0.3 is 10.5 Å². The highest BCUT2D eigenvalue weighted by molar-refractivity contribution is 5.96. The Balaban J connectivity index is 2.30. The molecule has 2 aromatic carbocycles. The number of benzene rings is 2. The fourth-order valence-electron chi connectivity index (χ4n) is 1.99. The summed E-state index contributed by atoms with van der Waals surface area (Å²) in [7, 11) is 0. The maximum Gasteiger partial charge on any atom is 0.416 e. The third-order valence-corrected chi connectivity index (χ3v) is 3.09. The molecule has 0 heterocycles. The van der Waals surface area contributed by atoms with Crippen LogP contribution in [0.15, 0.2) is 42.5 Å². The van der Waals surface area contributed by atoms with E-state index in [1.165, 1.54) is 24.3 Å². The van der Waals surface area contributed by atoms with Crippen LogP contribution in [0.5, 0.6) is 0 Å². The highest BCUT2D eigenvalue weighted by Gasteiger charge is 2.29. The van der Waals surface area contributed by atoms with Crippen LogP contribution in [0.25, 0.3) is 11.1 Å². The molecule has 0 unspecified atom stereocenters. The van der Waals surface area contributed by atoms with Crippen molar-refractivity contribution in [1.29, 1.82) is 0 Å². The highest BCUT2D eigenvalue weighted by Crippen LogP contribution is 2.31. The van der Waals surface area contributed by atoms with Crippen LogP contribution >= 0.6 is 0 Å². The van der Waals surface area contributed by atoms with Gasteiger partial charge in [0.15, 0.2) is 0 Å². The van der Waals surface area contributed by atoms with Crippen LogP contribution in [0.1, 0.15) is 22.8 Å². The lowest BCUT2D eigenvalue weighted by atomic mass is 10.0. The van der Waals surface area contributed by atoms with Gasteiger partial charge in [-0.25, -0.2) is 4.79 Å². The van der Waals surface area contributed by atoms with Crippen LogP contribution in [0.3, 0.4) is 0 Å². The molecule has 0 aliphatic rings. The average Bonchev–Trinajstić information content (AvgIpc) is 2.46. The molecule has 6 heteroatoms. The largest absolute Gasteiger partial charge is 0.462 e. The smallest absolute Gasteiger partial charge is 0.416 e. The predicted molar refractivity (Wildman–Crippen MR) is 77.2 cm³/mol. The third-order valence-electron chi connectivity index (χ3n) is 3.09. The van der Waals surface area contributed by atoms with Crippen molar-refractivity contribution < 1.29 is 22.7 Å². The van der Waals surface area contributed by atoms with Crippen molar-refractivity contribution in [3.05, 3.63) is 53.6 Å². The van der Waals surface area contributed by atoms with Crippen molar-refractivity contribution >= 4 is 11.7 Å². The Hall–Kier alpha value is -2.50. The number of ether oxygens (including phenoxy) is 1. The minimum atomic E-state index is -4.37. The Kier molecular flexibility index (Phi) is 4.40. The van der Waals surface area contributed by atoms with Gasteiger partial charge in [-0.05, 0) is 42.3 Å². The number of hydrogen-bond acceptors (Lipinski definition) is 3. The van der Waals surface area contributed by atoms with Crippen molar-refractivity contribution in [3.8, 4) is 11.1 Å². The van der Waals surface area contributed by atoms with Crippen LogP contribution in [-0.4, -0.2) is 12.6 Å². The second kappa shape index (κ2) is 6.09. The Morgan fingerprint density at radius 1 is 1.09 bits per heavy atom. The van der Waals surface area contributed by atoms with Crippen molar-refractivity contribution in [2.45, 2.75) is 13.1 Å². The molecule has 3 nitrogen and oxygen atoms in total. The molecule has 2 N–H and O–H groups in total. The molecule has 0 atom stereocenters. The van der Waals surface area contributed by atoms with Crippen LogP contribution in [0.4, 0.5) is 18.9 Å². The molecule has 0 aromatic heterocycles. The van der Waals surface area contributed by atoms with Gasteiger partial charge in [-0.3, -0.25) is 0 Å². The number of hydrogen-bond donors (Lipinski definition) is 1. The summed E-state index contributed by atoms with van der Waals surface area (Å²) in [5.74, 6) is -0.529. The zero-order valence-corrected chi connectivity index (χ0v) is 11.8. The standard InChI is InChI=1S/C16H14F3NO2/c1-2-22-15(21)13-8-5-11(9-14(13)20)10-3-6-12(7-4-10)16(17,18)19/h3-9H,2,20H2,1H3. The number of carbonyl (C=O) groups excluding carboxylic acids is 1. The van der Waals surface area contributed by atoms with Crippen LogP contribution in [0.2, 0.25) is 0 Å². The Labute approximate surface area is 125 Å². The van der Waals surface area contributed by atoms with Crippen molar-refractivity contribution in [1.82, 2.24) is 0 Å². The summed E-state index contributed by atoms with van der Waals surface area (Å²) in [4.78, 5) is 11.6. The second-order valence-corrected chi connectivity index (χ2v) is 4.60. The van der Waals surface area contributed by atoms with E-state index in [1.54, 1.807) is 13.0 Å². The molecule has 2 aromatic rings. The van der Waals surface area contributed by atoms with Gasteiger partial charge in [-0.15, -0.1) is 0 Å². The van der Waals surface area contributed by atoms with Gasteiger partial charge in [-0.2, -0.15) is 13.2 Å². The third kappa shape index (κ3) is 3.39. The zero-order valence-electron chi connectivity index (χ0n) is 11.8. The number of esters is 1. The molecule has 0 saturated heterocycles. The quantitative estimate of drug-likeness (QED) is 0.685. The van der Waals surface area contributed by atoms with Gasteiger partial charge in [-0.1, -0.05) is 18.2 Å². The lowest BCUT2D eigenvalue weighted by Crippen LogP contribution is -2.08. The van der Waals surface area contributed by atoms with Gasteiger partial charge in [0, 0.05) is 5.69 Å². The number of nitrogen functional groups attached to an aromatic ring is 1. The van der Waals surface area contributed by atoms with Gasteiger partial charge in [0.25, 0.3) is 0 Å². The lowest BCUT2D eigenvalue weighted by Gasteiger charge is -2.10. The van der Waals surface area contributed by atoms with Crippen LogP contribution in [0, 0.1) is 0 Å². The molecule has 22 heavy (non-hydrogen) atoms. The minimum Gasteiger partial charge on any atom is -0.462 e. The van der Waals surface area contributed by atoms with E-state index in [9.17, 15) is 18.0 Å². The number of anilines is 1. The monoisotopic (exact) mass is 309 g/mol. The molecule has 116 valence electrons. The summed E-state index contributed by atoms with van der Waals surface area (Å²) in [5, 5.41) is 0. The number of alkyl halides is 3. The normalized spacial score (nSPS) is 11.3. The Bertz CT molecular complexity index is 679. The maximum atomic E-state index is 12.5. The van der Waals surface area contributed by atoms with E-state index in [0.717, 1.165) is 12.1 Å². The van der Waals surface area contributed by atoms with Gasteiger partial charge in [0.05, 0.1) is 17.7 Å². The number of nitrogens with two attached hydrogens (primary N) is 1. The Morgan fingerprint density at radius 3 is 2.18 bits per heavy atom. The number of carbonyl (C=O) groups is 1. The Morgan fingerprint density at radius 2 is 1.68 bits per heavy atom. The summed E-state index contributed by atoms with van der Waals surface area (Å²) < 4.78 is 42.5. The minimum absolute atomic E-state index is 0.218. The summed E-state index contributed by atoms with van der Waals surface area (Å²) in [6.45, 7) is 1.92. The van der Waals surface area contributed by atoms with E-state index in [4.69, 9.17) is 10.5 Å². The molecule has 0 fully saturated rings. The molecule has 0 amide bonds. The second-order valence-electron chi connectivity index (χ2n) is 4.60. The average molecular weight is 309 g/mol. The molecular formula is C16H14F3NO2. The summed E-state index contributed by atoms with van der Waals surface area (Å²) in [6, 6.07) is 9.39. The zero-order chi connectivity index (χ0) is 16.3. The molecule has 0 aliphatic heterocycles. The summed E-state index contributed by atoms with van der Waals surface area (Å²) >= 11 is 0. The maximum absolute atomic E-state index is 12.5. The topological polar surface area (TPSA) is 52.3 Å². The number of halogens is 3. The van der Waals surface area contributed by atoms with Crippen molar-refractivity contribution in [3.63, 3.8) is 0 Å². The first-order valence-electron chi connectivity index (χ1n) is 6.57. The lowest BCUT2D eigenvalue weighted by molar-refractivity contribution is -0.137. The SMILES string of the molecule is CCOC(=O)c1ccc(-c2ccc(C(F)(F)F)cc2)cc1N. The highest BCUT2D eigenvalue weighted by atomic mass is 19.4. The van der Waals surface area contributed by atoms with Crippen LogP contribution < -0.4 is 5.73 Å². The van der Waals surface area contributed by atoms with E-state index in [-0.39, 0.29) is 17.9 Å². The number of rotatable bonds is 3. The van der Waals surface area contributed by atoms with E-state index in [0.29, 0.717) is 11.1 Å².